The Morgan fingerprint density at radius 3 is 2.88 bits per heavy atom. The van der Waals surface area contributed by atoms with E-state index in [4.69, 9.17) is 22.6 Å². The number of aromatic nitrogens is 1. The zero-order valence-corrected chi connectivity index (χ0v) is 9.61. The van der Waals surface area contributed by atoms with E-state index in [1.165, 1.54) is 0 Å². The molecule has 0 saturated heterocycles. The summed E-state index contributed by atoms with van der Waals surface area (Å²) in [4.78, 5) is 6.37. The number of anilines is 2. The lowest BCUT2D eigenvalue weighted by molar-refractivity contribution is 0.778. The average Bonchev–Trinajstić information content (AvgIpc) is 3.01. The fraction of sp³-hybridized carbons (Fsp3) is 0.455. The van der Waals surface area contributed by atoms with Gasteiger partial charge in [0.05, 0.1) is 12.5 Å². The van der Waals surface area contributed by atoms with E-state index in [-0.39, 0.29) is 0 Å². The first-order valence-electron chi connectivity index (χ1n) is 5.27. The fourth-order valence-electron chi connectivity index (χ4n) is 1.69. The summed E-state index contributed by atoms with van der Waals surface area (Å²) in [7, 11) is 0. The molecule has 1 aliphatic rings. The van der Waals surface area contributed by atoms with Crippen molar-refractivity contribution in [1.29, 1.82) is 5.26 Å². The fourth-order valence-corrected chi connectivity index (χ4v) is 1.90. The maximum Gasteiger partial charge on any atom is 0.133 e. The Morgan fingerprint density at radius 1 is 1.56 bits per heavy atom. The van der Waals surface area contributed by atoms with Crippen LogP contribution < -0.4 is 10.6 Å². The molecule has 1 aromatic rings. The minimum absolute atomic E-state index is 0.401. The van der Waals surface area contributed by atoms with Gasteiger partial charge in [-0.1, -0.05) is 11.6 Å². The minimum atomic E-state index is 0.401. The van der Waals surface area contributed by atoms with Crippen molar-refractivity contribution in [2.24, 2.45) is 0 Å². The summed E-state index contributed by atoms with van der Waals surface area (Å²) in [5.41, 5.74) is 6.34. The Morgan fingerprint density at radius 2 is 2.31 bits per heavy atom. The van der Waals surface area contributed by atoms with Gasteiger partial charge in [-0.25, -0.2) is 4.98 Å². The van der Waals surface area contributed by atoms with Crippen molar-refractivity contribution in [1.82, 2.24) is 4.98 Å². The molecule has 4 nitrogen and oxygen atoms in total. The summed E-state index contributed by atoms with van der Waals surface area (Å²) >= 11 is 5.87. The third-order valence-corrected chi connectivity index (χ3v) is 2.74. The quantitative estimate of drug-likeness (QED) is 0.814. The number of hydrogen-bond acceptors (Lipinski definition) is 4. The molecule has 16 heavy (non-hydrogen) atoms. The zero-order valence-electron chi connectivity index (χ0n) is 8.86. The van der Waals surface area contributed by atoms with Crippen LogP contribution in [0.4, 0.5) is 11.5 Å². The number of nitrogen functional groups attached to an aromatic ring is 1. The molecule has 1 aromatic heterocycles. The van der Waals surface area contributed by atoms with Crippen LogP contribution in [0.2, 0.25) is 5.15 Å². The number of hydrogen-bond donors (Lipinski definition) is 1. The van der Waals surface area contributed by atoms with Gasteiger partial charge >= 0.3 is 0 Å². The summed E-state index contributed by atoms with van der Waals surface area (Å²) in [6.45, 7) is 0.688. The first-order valence-corrected chi connectivity index (χ1v) is 5.65. The third kappa shape index (κ3) is 2.56. The van der Waals surface area contributed by atoms with Gasteiger partial charge in [-0.15, -0.1) is 0 Å². The van der Waals surface area contributed by atoms with Crippen LogP contribution in [0.3, 0.4) is 0 Å². The van der Waals surface area contributed by atoms with E-state index in [2.05, 4.69) is 16.0 Å². The molecule has 1 saturated carbocycles. The number of rotatable bonds is 4. The van der Waals surface area contributed by atoms with E-state index in [0.29, 0.717) is 29.8 Å². The van der Waals surface area contributed by atoms with Crippen molar-refractivity contribution in [3.8, 4) is 6.07 Å². The van der Waals surface area contributed by atoms with Crippen LogP contribution >= 0.6 is 11.6 Å². The molecule has 5 heteroatoms. The predicted octanol–water partition coefficient (Wildman–Crippen LogP) is 2.20. The standard InChI is InChI=1S/C11H13ClN4/c12-10-6-8(14)7-11(15-10)16(5-1-4-13)9-2-3-9/h6-7,9H,1-3,5H2,(H2,14,15). The summed E-state index contributed by atoms with van der Waals surface area (Å²) in [5.74, 6) is 0.780. The van der Waals surface area contributed by atoms with Crippen molar-refractivity contribution in [2.75, 3.05) is 17.2 Å². The highest BCUT2D eigenvalue weighted by molar-refractivity contribution is 6.29. The number of nitrogens with zero attached hydrogens (tertiary/aromatic N) is 3. The van der Waals surface area contributed by atoms with Gasteiger partial charge in [-0.2, -0.15) is 5.26 Å². The summed E-state index contributed by atoms with van der Waals surface area (Å²) < 4.78 is 0. The molecule has 2 N–H and O–H groups in total. The second-order valence-corrected chi connectivity index (χ2v) is 4.30. The van der Waals surface area contributed by atoms with Crippen LogP contribution in [0.5, 0.6) is 0 Å². The number of halogens is 1. The van der Waals surface area contributed by atoms with Crippen molar-refractivity contribution < 1.29 is 0 Å². The van der Waals surface area contributed by atoms with E-state index in [1.54, 1.807) is 6.07 Å². The van der Waals surface area contributed by atoms with Crippen LogP contribution in [-0.2, 0) is 0 Å². The number of nitriles is 1. The lowest BCUT2D eigenvalue weighted by Gasteiger charge is -2.22. The maximum absolute atomic E-state index is 8.63. The molecule has 2 rings (SSSR count). The zero-order chi connectivity index (χ0) is 11.5. The van der Waals surface area contributed by atoms with Crippen molar-refractivity contribution in [3.05, 3.63) is 17.3 Å². The Kier molecular flexibility index (Phi) is 3.16. The summed E-state index contributed by atoms with van der Waals surface area (Å²) in [6.07, 6.45) is 2.80. The first kappa shape index (κ1) is 11.0. The Bertz CT molecular complexity index is 402. The number of nitrogens with two attached hydrogens (primary N) is 1. The topological polar surface area (TPSA) is 65.9 Å². The van der Waals surface area contributed by atoms with Crippen molar-refractivity contribution in [2.45, 2.75) is 25.3 Å². The summed E-state index contributed by atoms with van der Waals surface area (Å²) in [5, 5.41) is 9.03. The summed E-state index contributed by atoms with van der Waals surface area (Å²) in [6, 6.07) is 6.08. The number of pyridine rings is 1. The van der Waals surface area contributed by atoms with Gasteiger partial charge < -0.3 is 10.6 Å². The van der Waals surface area contributed by atoms with E-state index in [9.17, 15) is 0 Å². The van der Waals surface area contributed by atoms with Crippen LogP contribution in [0.1, 0.15) is 19.3 Å². The predicted molar refractivity (Wildman–Crippen MR) is 64.3 cm³/mol. The second-order valence-electron chi connectivity index (χ2n) is 3.91. The SMILES string of the molecule is N#CCCN(c1cc(N)cc(Cl)n1)C1CC1. The molecular weight excluding hydrogens is 224 g/mol. The molecule has 0 aliphatic heterocycles. The Balaban J connectivity index is 2.20. The van der Waals surface area contributed by atoms with Gasteiger partial charge in [0, 0.05) is 24.3 Å². The molecule has 1 heterocycles. The van der Waals surface area contributed by atoms with Crippen molar-refractivity contribution >= 4 is 23.1 Å². The molecule has 0 unspecified atom stereocenters. The molecule has 0 bridgehead atoms. The molecule has 0 radical (unpaired) electrons. The van der Waals surface area contributed by atoms with Crippen molar-refractivity contribution in [3.63, 3.8) is 0 Å². The van der Waals surface area contributed by atoms with E-state index in [1.807, 2.05) is 6.07 Å². The Hall–Kier alpha value is -1.47. The molecule has 84 valence electrons. The second kappa shape index (κ2) is 4.58. The van der Waals surface area contributed by atoms with Crippen LogP contribution in [0, 0.1) is 11.3 Å². The molecular formula is C11H13ClN4. The van der Waals surface area contributed by atoms with E-state index >= 15 is 0 Å². The lowest BCUT2D eigenvalue weighted by atomic mass is 10.3. The molecule has 0 spiro atoms. The minimum Gasteiger partial charge on any atom is -0.399 e. The molecule has 0 atom stereocenters. The van der Waals surface area contributed by atoms with Crippen LogP contribution in [-0.4, -0.2) is 17.6 Å². The molecule has 1 fully saturated rings. The van der Waals surface area contributed by atoms with Gasteiger partial charge in [-0.3, -0.25) is 0 Å². The van der Waals surface area contributed by atoms with Gasteiger partial charge in [0.15, 0.2) is 0 Å². The maximum atomic E-state index is 8.63. The van der Waals surface area contributed by atoms with Gasteiger partial charge in [-0.05, 0) is 18.9 Å². The highest BCUT2D eigenvalue weighted by Gasteiger charge is 2.29. The third-order valence-electron chi connectivity index (χ3n) is 2.55. The largest absolute Gasteiger partial charge is 0.399 e. The van der Waals surface area contributed by atoms with E-state index in [0.717, 1.165) is 18.7 Å². The molecule has 1 aliphatic carbocycles. The average molecular weight is 237 g/mol. The van der Waals surface area contributed by atoms with Gasteiger partial charge in [0.2, 0.25) is 0 Å². The highest BCUT2D eigenvalue weighted by Crippen LogP contribution is 2.32. The van der Waals surface area contributed by atoms with Gasteiger partial charge in [0.25, 0.3) is 0 Å². The van der Waals surface area contributed by atoms with Crippen LogP contribution in [0.25, 0.3) is 0 Å². The first-order chi connectivity index (χ1) is 7.70. The molecule has 0 aromatic carbocycles. The Labute approximate surface area is 99.6 Å². The van der Waals surface area contributed by atoms with Crippen LogP contribution in [0.15, 0.2) is 12.1 Å². The normalized spacial score (nSPS) is 14.5. The molecule has 0 amide bonds. The van der Waals surface area contributed by atoms with E-state index < -0.39 is 0 Å². The van der Waals surface area contributed by atoms with Gasteiger partial charge in [0.1, 0.15) is 11.0 Å². The smallest absolute Gasteiger partial charge is 0.133 e. The monoisotopic (exact) mass is 236 g/mol. The lowest BCUT2D eigenvalue weighted by Crippen LogP contribution is -2.27. The highest BCUT2D eigenvalue weighted by atomic mass is 35.5.